The molecule has 0 amide bonds. The smallest absolute Gasteiger partial charge is 0.0485 e. The molecule has 0 aromatic heterocycles. The predicted molar refractivity (Wildman–Crippen MR) is 91.4 cm³/mol. The Morgan fingerprint density at radius 1 is 1.10 bits per heavy atom. The molecule has 0 saturated carbocycles. The molecule has 1 atom stereocenters. The highest BCUT2D eigenvalue weighted by atomic mass is 79.9. The minimum Gasteiger partial charge on any atom is -0.379 e. The van der Waals surface area contributed by atoms with Crippen LogP contribution in [-0.2, 0) is 6.42 Å². The van der Waals surface area contributed by atoms with E-state index in [2.05, 4.69) is 84.5 Å². The largest absolute Gasteiger partial charge is 0.379 e. The van der Waals surface area contributed by atoms with Gasteiger partial charge in [0.05, 0.1) is 0 Å². The van der Waals surface area contributed by atoms with Crippen LogP contribution in [0.3, 0.4) is 0 Å². The lowest BCUT2D eigenvalue weighted by Crippen LogP contribution is -2.06. The summed E-state index contributed by atoms with van der Waals surface area (Å²) < 4.78 is 1.15. The molecule has 0 aliphatic carbocycles. The molecule has 0 fully saturated rings. The monoisotopic (exact) mass is 331 g/mol. The maximum atomic E-state index is 3.56. The zero-order valence-corrected chi connectivity index (χ0v) is 14.0. The summed E-state index contributed by atoms with van der Waals surface area (Å²) in [6, 6.07) is 15.6. The van der Waals surface area contributed by atoms with Gasteiger partial charge in [-0.25, -0.2) is 0 Å². The van der Waals surface area contributed by atoms with E-state index in [4.69, 9.17) is 0 Å². The van der Waals surface area contributed by atoms with Crippen molar-refractivity contribution >= 4 is 21.6 Å². The van der Waals surface area contributed by atoms with Crippen LogP contribution in [0.4, 0.5) is 5.69 Å². The summed E-state index contributed by atoms with van der Waals surface area (Å²) in [6.45, 7) is 6.53. The molecule has 0 aliphatic heterocycles. The fourth-order valence-electron chi connectivity index (χ4n) is 2.33. The van der Waals surface area contributed by atoms with Crippen molar-refractivity contribution in [1.29, 1.82) is 0 Å². The summed E-state index contributed by atoms with van der Waals surface area (Å²) in [5.41, 5.74) is 5.16. The number of rotatable bonds is 5. The van der Waals surface area contributed by atoms with Gasteiger partial charge in [-0.3, -0.25) is 0 Å². The molecule has 0 saturated heterocycles. The van der Waals surface area contributed by atoms with Gasteiger partial charge in [-0.15, -0.1) is 0 Å². The SMILES string of the molecule is CCCc1ccc(C(C)Nc2ccc(Br)c(C)c2)cc1. The van der Waals surface area contributed by atoms with E-state index < -0.39 is 0 Å². The Labute approximate surface area is 130 Å². The maximum Gasteiger partial charge on any atom is 0.0485 e. The van der Waals surface area contributed by atoms with Gasteiger partial charge >= 0.3 is 0 Å². The van der Waals surface area contributed by atoms with Gasteiger partial charge in [-0.05, 0) is 55.2 Å². The van der Waals surface area contributed by atoms with E-state index in [1.165, 1.54) is 23.1 Å². The third kappa shape index (κ3) is 3.86. The summed E-state index contributed by atoms with van der Waals surface area (Å²) in [5, 5.41) is 3.56. The number of hydrogen-bond donors (Lipinski definition) is 1. The Bertz CT molecular complexity index is 560. The van der Waals surface area contributed by atoms with Crippen molar-refractivity contribution in [2.24, 2.45) is 0 Å². The molecule has 0 heterocycles. The molecule has 0 bridgehead atoms. The summed E-state index contributed by atoms with van der Waals surface area (Å²) in [4.78, 5) is 0. The second-order valence-electron chi connectivity index (χ2n) is 5.32. The van der Waals surface area contributed by atoms with Crippen LogP contribution in [0.15, 0.2) is 46.9 Å². The van der Waals surface area contributed by atoms with Gasteiger partial charge in [0, 0.05) is 16.2 Å². The molecule has 2 aromatic rings. The van der Waals surface area contributed by atoms with E-state index >= 15 is 0 Å². The first kappa shape index (κ1) is 15.1. The van der Waals surface area contributed by atoms with E-state index in [1.807, 2.05) is 0 Å². The standard InChI is InChI=1S/C18H22BrN/c1-4-5-15-6-8-16(9-7-15)14(3)20-17-10-11-18(19)13(2)12-17/h6-12,14,20H,4-5H2,1-3H3. The predicted octanol–water partition coefficient (Wildman–Crippen LogP) is 5.88. The number of halogens is 1. The summed E-state index contributed by atoms with van der Waals surface area (Å²) in [7, 11) is 0. The minimum atomic E-state index is 0.311. The Balaban J connectivity index is 2.06. The van der Waals surface area contributed by atoms with E-state index in [0.717, 1.165) is 16.6 Å². The molecule has 20 heavy (non-hydrogen) atoms. The fourth-order valence-corrected chi connectivity index (χ4v) is 2.58. The number of aryl methyl sites for hydroxylation is 2. The van der Waals surface area contributed by atoms with Crippen molar-refractivity contribution in [2.75, 3.05) is 5.32 Å². The lowest BCUT2D eigenvalue weighted by molar-refractivity contribution is 0.876. The Kier molecular flexibility index (Phi) is 5.24. The third-order valence-electron chi connectivity index (χ3n) is 3.56. The van der Waals surface area contributed by atoms with Crippen molar-refractivity contribution in [1.82, 2.24) is 0 Å². The van der Waals surface area contributed by atoms with Crippen LogP contribution in [0, 0.1) is 6.92 Å². The topological polar surface area (TPSA) is 12.0 Å². The van der Waals surface area contributed by atoms with Crippen molar-refractivity contribution in [3.8, 4) is 0 Å². The molecular formula is C18H22BrN. The molecule has 2 heteroatoms. The van der Waals surface area contributed by atoms with Gasteiger partial charge in [0.2, 0.25) is 0 Å². The molecule has 0 spiro atoms. The van der Waals surface area contributed by atoms with Gasteiger partial charge in [-0.2, -0.15) is 0 Å². The molecule has 1 nitrogen and oxygen atoms in total. The molecule has 1 N–H and O–H groups in total. The minimum absolute atomic E-state index is 0.311. The van der Waals surface area contributed by atoms with Crippen LogP contribution in [-0.4, -0.2) is 0 Å². The molecule has 2 rings (SSSR count). The van der Waals surface area contributed by atoms with Gasteiger partial charge in [-0.1, -0.05) is 53.5 Å². The van der Waals surface area contributed by atoms with Crippen LogP contribution >= 0.6 is 15.9 Å². The molecule has 106 valence electrons. The van der Waals surface area contributed by atoms with Crippen LogP contribution in [0.1, 0.15) is 43.0 Å². The molecular weight excluding hydrogens is 310 g/mol. The lowest BCUT2D eigenvalue weighted by Gasteiger charge is -2.17. The zero-order chi connectivity index (χ0) is 14.5. The molecule has 2 aromatic carbocycles. The molecule has 1 unspecified atom stereocenters. The highest BCUT2D eigenvalue weighted by molar-refractivity contribution is 9.10. The average molecular weight is 332 g/mol. The zero-order valence-electron chi connectivity index (χ0n) is 12.4. The van der Waals surface area contributed by atoms with Crippen LogP contribution < -0.4 is 5.32 Å². The second kappa shape index (κ2) is 6.94. The van der Waals surface area contributed by atoms with E-state index in [9.17, 15) is 0 Å². The van der Waals surface area contributed by atoms with E-state index in [1.54, 1.807) is 0 Å². The van der Waals surface area contributed by atoms with Crippen molar-refractivity contribution in [3.05, 3.63) is 63.6 Å². The number of anilines is 1. The second-order valence-corrected chi connectivity index (χ2v) is 6.18. The number of hydrogen-bond acceptors (Lipinski definition) is 1. The first-order valence-electron chi connectivity index (χ1n) is 7.21. The molecule has 0 aliphatic rings. The van der Waals surface area contributed by atoms with E-state index in [-0.39, 0.29) is 0 Å². The van der Waals surface area contributed by atoms with Crippen LogP contribution in [0.5, 0.6) is 0 Å². The normalized spacial score (nSPS) is 12.2. The van der Waals surface area contributed by atoms with Crippen molar-refractivity contribution in [3.63, 3.8) is 0 Å². The van der Waals surface area contributed by atoms with Gasteiger partial charge in [0.15, 0.2) is 0 Å². The van der Waals surface area contributed by atoms with Gasteiger partial charge in [0.1, 0.15) is 0 Å². The van der Waals surface area contributed by atoms with Gasteiger partial charge in [0.25, 0.3) is 0 Å². The highest BCUT2D eigenvalue weighted by Gasteiger charge is 2.06. The Morgan fingerprint density at radius 2 is 1.80 bits per heavy atom. The first-order chi connectivity index (χ1) is 9.60. The highest BCUT2D eigenvalue weighted by Crippen LogP contribution is 2.24. The molecule has 0 radical (unpaired) electrons. The van der Waals surface area contributed by atoms with Crippen LogP contribution in [0.2, 0.25) is 0 Å². The quantitative estimate of drug-likeness (QED) is 0.720. The van der Waals surface area contributed by atoms with Crippen molar-refractivity contribution in [2.45, 2.75) is 39.7 Å². The third-order valence-corrected chi connectivity index (χ3v) is 4.45. The Hall–Kier alpha value is -1.28. The van der Waals surface area contributed by atoms with Crippen LogP contribution in [0.25, 0.3) is 0 Å². The number of benzene rings is 2. The summed E-state index contributed by atoms with van der Waals surface area (Å²) >= 11 is 3.54. The lowest BCUT2D eigenvalue weighted by atomic mass is 10.0. The fraction of sp³-hybridized carbons (Fsp3) is 0.333. The maximum absolute atomic E-state index is 3.56. The number of nitrogens with one attached hydrogen (secondary N) is 1. The van der Waals surface area contributed by atoms with Crippen molar-refractivity contribution < 1.29 is 0 Å². The summed E-state index contributed by atoms with van der Waals surface area (Å²) in [5.74, 6) is 0. The average Bonchev–Trinajstić information content (AvgIpc) is 2.44. The first-order valence-corrected chi connectivity index (χ1v) is 8.01. The van der Waals surface area contributed by atoms with E-state index in [0.29, 0.717) is 6.04 Å². The Morgan fingerprint density at radius 3 is 2.40 bits per heavy atom. The summed E-state index contributed by atoms with van der Waals surface area (Å²) in [6.07, 6.45) is 2.36. The van der Waals surface area contributed by atoms with Gasteiger partial charge < -0.3 is 5.32 Å².